The van der Waals surface area contributed by atoms with Gasteiger partial charge < -0.3 is 4.90 Å². The molecule has 0 spiro atoms. The SMILES string of the molecule is O=C(c1ccc(Br)c(F)c1)N1CCC(Br)C1. The number of hydrogen-bond acceptors (Lipinski definition) is 1. The van der Waals surface area contributed by atoms with Crippen LogP contribution >= 0.6 is 31.9 Å². The number of carbonyl (C=O) groups excluding carboxylic acids is 1. The molecule has 1 aromatic carbocycles. The molecular weight excluding hydrogens is 341 g/mol. The van der Waals surface area contributed by atoms with Gasteiger partial charge in [0, 0.05) is 23.5 Å². The van der Waals surface area contributed by atoms with E-state index in [4.69, 9.17) is 0 Å². The number of hydrogen-bond donors (Lipinski definition) is 0. The molecular formula is C11H10Br2FNO. The Hall–Kier alpha value is -0.420. The summed E-state index contributed by atoms with van der Waals surface area (Å²) in [5.74, 6) is -0.506. The van der Waals surface area contributed by atoms with Gasteiger partial charge in [0.2, 0.25) is 0 Å². The van der Waals surface area contributed by atoms with Crippen LogP contribution in [0, 0.1) is 5.82 Å². The molecule has 1 saturated heterocycles. The Balaban J connectivity index is 2.18. The van der Waals surface area contributed by atoms with Crippen LogP contribution in [-0.2, 0) is 0 Å². The fourth-order valence-electron chi connectivity index (χ4n) is 1.71. The van der Waals surface area contributed by atoms with Crippen molar-refractivity contribution >= 4 is 37.8 Å². The van der Waals surface area contributed by atoms with E-state index in [2.05, 4.69) is 31.9 Å². The van der Waals surface area contributed by atoms with Crippen molar-refractivity contribution in [3.63, 3.8) is 0 Å². The summed E-state index contributed by atoms with van der Waals surface area (Å²) in [4.78, 5) is 14.1. The van der Waals surface area contributed by atoms with Crippen LogP contribution in [0.4, 0.5) is 4.39 Å². The highest BCUT2D eigenvalue weighted by molar-refractivity contribution is 9.10. The first-order valence-electron chi connectivity index (χ1n) is 4.96. The molecule has 0 aromatic heterocycles. The third-order valence-electron chi connectivity index (χ3n) is 2.58. The Morgan fingerprint density at radius 2 is 2.25 bits per heavy atom. The molecule has 0 N–H and O–H groups in total. The first-order valence-corrected chi connectivity index (χ1v) is 6.67. The zero-order valence-corrected chi connectivity index (χ0v) is 11.6. The van der Waals surface area contributed by atoms with E-state index in [1.54, 1.807) is 17.0 Å². The van der Waals surface area contributed by atoms with Gasteiger partial charge >= 0.3 is 0 Å². The zero-order chi connectivity index (χ0) is 11.7. The number of amides is 1. The van der Waals surface area contributed by atoms with Gasteiger partial charge in [-0.1, -0.05) is 15.9 Å². The van der Waals surface area contributed by atoms with Gasteiger partial charge in [0.1, 0.15) is 5.82 Å². The summed E-state index contributed by atoms with van der Waals surface area (Å²) >= 11 is 6.53. The molecule has 5 heteroatoms. The van der Waals surface area contributed by atoms with Gasteiger partial charge in [-0.25, -0.2) is 4.39 Å². The van der Waals surface area contributed by atoms with E-state index in [0.717, 1.165) is 13.0 Å². The summed E-state index contributed by atoms with van der Waals surface area (Å²) in [5.41, 5.74) is 0.405. The largest absolute Gasteiger partial charge is 0.337 e. The van der Waals surface area contributed by atoms with Gasteiger partial charge in [-0.3, -0.25) is 4.79 Å². The molecule has 0 bridgehead atoms. The second kappa shape index (κ2) is 4.84. The Kier molecular flexibility index (Phi) is 3.64. The van der Waals surface area contributed by atoms with Crippen LogP contribution in [-0.4, -0.2) is 28.7 Å². The molecule has 1 aliphatic rings. The molecule has 1 heterocycles. The minimum Gasteiger partial charge on any atom is -0.337 e. The Bertz CT molecular complexity index is 424. The lowest BCUT2D eigenvalue weighted by atomic mass is 10.2. The summed E-state index contributed by atoms with van der Waals surface area (Å²) < 4.78 is 13.7. The van der Waals surface area contributed by atoms with E-state index in [-0.39, 0.29) is 5.91 Å². The molecule has 0 radical (unpaired) electrons. The summed E-state index contributed by atoms with van der Waals surface area (Å²) in [6.07, 6.45) is 0.949. The second-order valence-corrected chi connectivity index (χ2v) is 5.92. The molecule has 1 fully saturated rings. The standard InChI is InChI=1S/C11H10Br2FNO/c12-8-3-4-15(6-8)11(16)7-1-2-9(13)10(14)5-7/h1-2,5,8H,3-4,6H2. The van der Waals surface area contributed by atoms with Crippen LogP contribution in [0.3, 0.4) is 0 Å². The lowest BCUT2D eigenvalue weighted by Crippen LogP contribution is -2.28. The second-order valence-electron chi connectivity index (χ2n) is 3.77. The van der Waals surface area contributed by atoms with Crippen molar-refractivity contribution < 1.29 is 9.18 Å². The van der Waals surface area contributed by atoms with Crippen molar-refractivity contribution in [2.45, 2.75) is 11.2 Å². The Morgan fingerprint density at radius 3 is 2.81 bits per heavy atom. The van der Waals surface area contributed by atoms with E-state index < -0.39 is 5.82 Å². The number of halogens is 3. The van der Waals surface area contributed by atoms with E-state index in [1.807, 2.05) is 0 Å². The van der Waals surface area contributed by atoms with Crippen molar-refractivity contribution in [2.75, 3.05) is 13.1 Å². The number of alkyl halides is 1. The van der Waals surface area contributed by atoms with E-state index in [0.29, 0.717) is 21.4 Å². The Morgan fingerprint density at radius 1 is 1.50 bits per heavy atom. The smallest absolute Gasteiger partial charge is 0.253 e. The monoisotopic (exact) mass is 349 g/mol. The van der Waals surface area contributed by atoms with Crippen molar-refractivity contribution in [1.29, 1.82) is 0 Å². The van der Waals surface area contributed by atoms with Gasteiger partial charge in [-0.2, -0.15) is 0 Å². The quantitative estimate of drug-likeness (QED) is 0.712. The van der Waals surface area contributed by atoms with Gasteiger partial charge in [-0.05, 0) is 40.5 Å². The van der Waals surface area contributed by atoms with Crippen LogP contribution in [0.2, 0.25) is 0 Å². The molecule has 2 nitrogen and oxygen atoms in total. The summed E-state index contributed by atoms with van der Waals surface area (Å²) in [5, 5.41) is 0. The molecule has 1 aromatic rings. The van der Waals surface area contributed by atoms with Gasteiger partial charge in [-0.15, -0.1) is 0 Å². The minimum absolute atomic E-state index is 0.103. The fraction of sp³-hybridized carbons (Fsp3) is 0.364. The molecule has 0 aliphatic carbocycles. The molecule has 0 saturated carbocycles. The number of rotatable bonds is 1. The van der Waals surface area contributed by atoms with Crippen LogP contribution in [0.1, 0.15) is 16.8 Å². The molecule has 1 unspecified atom stereocenters. The van der Waals surface area contributed by atoms with Gasteiger partial charge in [0.25, 0.3) is 5.91 Å². The van der Waals surface area contributed by atoms with Gasteiger partial charge in [0.05, 0.1) is 4.47 Å². The number of likely N-dealkylation sites (tertiary alicyclic amines) is 1. The predicted octanol–water partition coefficient (Wildman–Crippen LogP) is 3.20. The molecule has 86 valence electrons. The fourth-order valence-corrected chi connectivity index (χ4v) is 2.51. The number of carbonyl (C=O) groups is 1. The zero-order valence-electron chi connectivity index (χ0n) is 8.42. The molecule has 1 amide bonds. The summed E-state index contributed by atoms with van der Waals surface area (Å²) in [6, 6.07) is 4.47. The first kappa shape index (κ1) is 12.0. The van der Waals surface area contributed by atoms with Crippen molar-refractivity contribution in [2.24, 2.45) is 0 Å². The van der Waals surface area contributed by atoms with E-state index in [9.17, 15) is 9.18 Å². The average Bonchev–Trinajstić information content (AvgIpc) is 2.68. The lowest BCUT2D eigenvalue weighted by Gasteiger charge is -2.15. The maximum atomic E-state index is 13.3. The molecule has 1 atom stereocenters. The van der Waals surface area contributed by atoms with Crippen molar-refractivity contribution in [3.8, 4) is 0 Å². The molecule has 16 heavy (non-hydrogen) atoms. The van der Waals surface area contributed by atoms with Crippen molar-refractivity contribution in [3.05, 3.63) is 34.1 Å². The van der Waals surface area contributed by atoms with Gasteiger partial charge in [0.15, 0.2) is 0 Å². The van der Waals surface area contributed by atoms with Crippen LogP contribution in [0.5, 0.6) is 0 Å². The Labute approximate surface area is 110 Å². The number of nitrogens with zero attached hydrogens (tertiary/aromatic N) is 1. The third kappa shape index (κ3) is 2.46. The average molecular weight is 351 g/mol. The van der Waals surface area contributed by atoms with Crippen LogP contribution in [0.25, 0.3) is 0 Å². The first-order chi connectivity index (χ1) is 7.58. The third-order valence-corrected chi connectivity index (χ3v) is 3.98. The molecule has 2 rings (SSSR count). The normalized spacial score (nSPS) is 20.2. The lowest BCUT2D eigenvalue weighted by molar-refractivity contribution is 0.0793. The highest BCUT2D eigenvalue weighted by atomic mass is 79.9. The maximum absolute atomic E-state index is 13.3. The van der Waals surface area contributed by atoms with Crippen LogP contribution < -0.4 is 0 Å². The number of benzene rings is 1. The topological polar surface area (TPSA) is 20.3 Å². The van der Waals surface area contributed by atoms with Crippen LogP contribution in [0.15, 0.2) is 22.7 Å². The predicted molar refractivity (Wildman–Crippen MR) is 67.3 cm³/mol. The molecule has 1 aliphatic heterocycles. The van der Waals surface area contributed by atoms with E-state index >= 15 is 0 Å². The highest BCUT2D eigenvalue weighted by Crippen LogP contribution is 2.21. The maximum Gasteiger partial charge on any atom is 0.253 e. The minimum atomic E-state index is -0.402. The summed E-state index contributed by atoms with van der Waals surface area (Å²) in [6.45, 7) is 1.42. The van der Waals surface area contributed by atoms with E-state index in [1.165, 1.54) is 6.07 Å². The van der Waals surface area contributed by atoms with Crippen molar-refractivity contribution in [1.82, 2.24) is 4.90 Å². The highest BCUT2D eigenvalue weighted by Gasteiger charge is 2.25. The summed E-state index contributed by atoms with van der Waals surface area (Å²) in [7, 11) is 0.